The van der Waals surface area contributed by atoms with E-state index in [4.69, 9.17) is 9.84 Å². The lowest BCUT2D eigenvalue weighted by Gasteiger charge is -2.15. The maximum Gasteiger partial charge on any atom is 0.135 e. The van der Waals surface area contributed by atoms with E-state index in [1.807, 2.05) is 6.92 Å². The maximum atomic E-state index is 13.1. The molecule has 1 aromatic rings. The number of aliphatic hydroxyl groups excluding tert-OH is 1. The molecule has 1 unspecified atom stereocenters. The van der Waals surface area contributed by atoms with Gasteiger partial charge in [-0.15, -0.1) is 0 Å². The Labute approximate surface area is 101 Å². The number of benzene rings is 1. The highest BCUT2D eigenvalue weighted by atomic mass is 19.1. The van der Waals surface area contributed by atoms with E-state index in [0.717, 1.165) is 12.8 Å². The minimum Gasteiger partial charge on any atom is -0.489 e. The molecule has 0 aliphatic carbocycles. The third kappa shape index (κ3) is 4.46. The molecule has 0 amide bonds. The molecule has 1 N–H and O–H groups in total. The Morgan fingerprint density at radius 3 is 2.88 bits per heavy atom. The van der Waals surface area contributed by atoms with Gasteiger partial charge in [0, 0.05) is 0 Å². The Kier molecular flexibility index (Phi) is 5.51. The van der Waals surface area contributed by atoms with Gasteiger partial charge in [-0.1, -0.05) is 25.2 Å². The Balaban J connectivity index is 2.89. The van der Waals surface area contributed by atoms with E-state index >= 15 is 0 Å². The fourth-order valence-electron chi connectivity index (χ4n) is 1.52. The molecule has 0 spiro atoms. The molecule has 0 fully saturated rings. The van der Waals surface area contributed by atoms with Crippen LogP contribution < -0.4 is 4.74 Å². The first-order valence-electron chi connectivity index (χ1n) is 5.73. The fraction of sp³-hybridized carbons (Fsp3) is 0.429. The predicted molar refractivity (Wildman–Crippen MR) is 65.4 cm³/mol. The lowest BCUT2D eigenvalue weighted by molar-refractivity contribution is 0.209. The highest BCUT2D eigenvalue weighted by Crippen LogP contribution is 2.21. The van der Waals surface area contributed by atoms with Crippen molar-refractivity contribution in [2.24, 2.45) is 0 Å². The SMILES string of the molecule is CCCC(C)Oc1ccc(F)cc1C#CCO. The smallest absolute Gasteiger partial charge is 0.135 e. The van der Waals surface area contributed by atoms with Gasteiger partial charge in [-0.2, -0.15) is 0 Å². The number of rotatable bonds is 4. The Morgan fingerprint density at radius 2 is 2.24 bits per heavy atom. The molecule has 0 aliphatic rings. The summed E-state index contributed by atoms with van der Waals surface area (Å²) >= 11 is 0. The zero-order valence-corrected chi connectivity index (χ0v) is 10.2. The van der Waals surface area contributed by atoms with Gasteiger partial charge >= 0.3 is 0 Å². The van der Waals surface area contributed by atoms with Gasteiger partial charge in [0.25, 0.3) is 0 Å². The number of ether oxygens (including phenoxy) is 1. The number of aliphatic hydroxyl groups is 1. The van der Waals surface area contributed by atoms with Crippen LogP contribution in [0, 0.1) is 17.7 Å². The molecule has 1 rings (SSSR count). The molecule has 1 aromatic carbocycles. The second kappa shape index (κ2) is 6.93. The summed E-state index contributed by atoms with van der Waals surface area (Å²) in [7, 11) is 0. The average molecular weight is 236 g/mol. The molecule has 3 heteroatoms. The van der Waals surface area contributed by atoms with Crippen molar-refractivity contribution in [3.63, 3.8) is 0 Å². The first-order valence-corrected chi connectivity index (χ1v) is 5.73. The van der Waals surface area contributed by atoms with Crippen molar-refractivity contribution in [3.05, 3.63) is 29.6 Å². The van der Waals surface area contributed by atoms with Crippen LogP contribution in [0.4, 0.5) is 4.39 Å². The molecule has 2 nitrogen and oxygen atoms in total. The molecular formula is C14H17FO2. The second-order valence-electron chi connectivity index (χ2n) is 3.82. The zero-order chi connectivity index (χ0) is 12.7. The van der Waals surface area contributed by atoms with Crippen LogP contribution in [0.3, 0.4) is 0 Å². The average Bonchev–Trinajstić information content (AvgIpc) is 2.30. The van der Waals surface area contributed by atoms with Crippen LogP contribution in [0.15, 0.2) is 18.2 Å². The van der Waals surface area contributed by atoms with Crippen LogP contribution in [-0.2, 0) is 0 Å². The maximum absolute atomic E-state index is 13.1. The van der Waals surface area contributed by atoms with Crippen LogP contribution in [0.1, 0.15) is 32.3 Å². The first-order chi connectivity index (χ1) is 8.17. The van der Waals surface area contributed by atoms with E-state index in [0.29, 0.717) is 11.3 Å². The van der Waals surface area contributed by atoms with Crippen LogP contribution >= 0.6 is 0 Å². The van der Waals surface area contributed by atoms with Crippen LogP contribution in [0.2, 0.25) is 0 Å². The van der Waals surface area contributed by atoms with Gasteiger partial charge in [-0.25, -0.2) is 4.39 Å². The summed E-state index contributed by atoms with van der Waals surface area (Å²) in [6, 6.07) is 4.23. The highest BCUT2D eigenvalue weighted by Gasteiger charge is 2.07. The van der Waals surface area contributed by atoms with Gasteiger partial charge in [-0.05, 0) is 31.5 Å². The summed E-state index contributed by atoms with van der Waals surface area (Å²) in [4.78, 5) is 0. The van der Waals surface area contributed by atoms with E-state index < -0.39 is 0 Å². The molecular weight excluding hydrogens is 219 g/mol. The number of halogens is 1. The molecule has 0 bridgehead atoms. The van der Waals surface area contributed by atoms with Crippen LogP contribution in [0.5, 0.6) is 5.75 Å². The van der Waals surface area contributed by atoms with Crippen molar-refractivity contribution in [2.45, 2.75) is 32.8 Å². The standard InChI is InChI=1S/C14H17FO2/c1-3-5-11(2)17-14-8-7-13(15)10-12(14)6-4-9-16/h7-8,10-11,16H,3,5,9H2,1-2H3. The van der Waals surface area contributed by atoms with Crippen molar-refractivity contribution in [1.82, 2.24) is 0 Å². The summed E-state index contributed by atoms with van der Waals surface area (Å²) in [5.41, 5.74) is 0.474. The van der Waals surface area contributed by atoms with Crippen molar-refractivity contribution >= 4 is 0 Å². The van der Waals surface area contributed by atoms with Gasteiger partial charge < -0.3 is 9.84 Å². The van der Waals surface area contributed by atoms with Gasteiger partial charge in [-0.3, -0.25) is 0 Å². The molecule has 0 aliphatic heterocycles. The highest BCUT2D eigenvalue weighted by molar-refractivity contribution is 5.46. The molecule has 1 atom stereocenters. The minimum absolute atomic E-state index is 0.0696. The van der Waals surface area contributed by atoms with Crippen molar-refractivity contribution < 1.29 is 14.2 Å². The Hall–Kier alpha value is -1.53. The topological polar surface area (TPSA) is 29.5 Å². The Morgan fingerprint density at radius 1 is 1.47 bits per heavy atom. The minimum atomic E-state index is -0.359. The predicted octanol–water partition coefficient (Wildman–Crippen LogP) is 2.74. The van der Waals surface area contributed by atoms with Crippen molar-refractivity contribution in [3.8, 4) is 17.6 Å². The number of hydrogen-bond donors (Lipinski definition) is 1. The van der Waals surface area contributed by atoms with Gasteiger partial charge in [0.1, 0.15) is 18.2 Å². The second-order valence-corrected chi connectivity index (χ2v) is 3.82. The largest absolute Gasteiger partial charge is 0.489 e. The van der Waals surface area contributed by atoms with Gasteiger partial charge in [0.15, 0.2) is 0 Å². The van der Waals surface area contributed by atoms with E-state index in [1.165, 1.54) is 12.1 Å². The third-order valence-electron chi connectivity index (χ3n) is 2.27. The van der Waals surface area contributed by atoms with E-state index in [9.17, 15) is 4.39 Å². The molecule has 0 saturated heterocycles. The summed E-state index contributed by atoms with van der Waals surface area (Å²) in [5.74, 6) is 5.39. The lowest BCUT2D eigenvalue weighted by Crippen LogP contribution is -2.11. The normalized spacial score (nSPS) is 11.5. The van der Waals surface area contributed by atoms with Gasteiger partial charge in [0.05, 0.1) is 11.7 Å². The molecule has 0 heterocycles. The van der Waals surface area contributed by atoms with Crippen LogP contribution in [-0.4, -0.2) is 17.8 Å². The Bertz CT molecular complexity index is 418. The van der Waals surface area contributed by atoms with Crippen molar-refractivity contribution in [1.29, 1.82) is 0 Å². The molecule has 92 valence electrons. The van der Waals surface area contributed by atoms with E-state index in [2.05, 4.69) is 18.8 Å². The summed E-state index contributed by atoms with van der Waals surface area (Å²) in [6.07, 6.45) is 2.03. The molecule has 17 heavy (non-hydrogen) atoms. The number of hydrogen-bond acceptors (Lipinski definition) is 2. The molecule has 0 saturated carbocycles. The monoisotopic (exact) mass is 236 g/mol. The molecule has 0 radical (unpaired) electrons. The summed E-state index contributed by atoms with van der Waals surface area (Å²) < 4.78 is 18.8. The lowest BCUT2D eigenvalue weighted by atomic mass is 10.2. The van der Waals surface area contributed by atoms with Crippen molar-refractivity contribution in [2.75, 3.05) is 6.61 Å². The summed E-state index contributed by atoms with van der Waals surface area (Å²) in [6.45, 7) is 3.80. The zero-order valence-electron chi connectivity index (χ0n) is 10.2. The third-order valence-corrected chi connectivity index (χ3v) is 2.27. The van der Waals surface area contributed by atoms with E-state index in [-0.39, 0.29) is 18.5 Å². The first kappa shape index (κ1) is 13.5. The van der Waals surface area contributed by atoms with E-state index in [1.54, 1.807) is 6.07 Å². The summed E-state index contributed by atoms with van der Waals surface area (Å²) in [5, 5.41) is 8.65. The quantitative estimate of drug-likeness (QED) is 0.814. The molecule has 0 aromatic heterocycles. The van der Waals surface area contributed by atoms with Crippen LogP contribution in [0.25, 0.3) is 0 Å². The van der Waals surface area contributed by atoms with Gasteiger partial charge in [0.2, 0.25) is 0 Å². The fourth-order valence-corrected chi connectivity index (χ4v) is 1.52.